The SMILES string of the molecule is O=C(CSc1nc2cc(Cl)ccc2c(=O)n1Cc1ccccc1)NCC1CCCO1. The fourth-order valence-electron chi connectivity index (χ4n) is 3.40. The lowest BCUT2D eigenvalue weighted by molar-refractivity contribution is -0.119. The van der Waals surface area contributed by atoms with E-state index in [1.54, 1.807) is 22.8 Å². The molecule has 2 aromatic carbocycles. The number of aromatic nitrogens is 2. The maximum atomic E-state index is 13.2. The van der Waals surface area contributed by atoms with E-state index in [9.17, 15) is 9.59 Å². The normalized spacial score (nSPS) is 16.1. The summed E-state index contributed by atoms with van der Waals surface area (Å²) in [5.74, 6) is 0.0576. The summed E-state index contributed by atoms with van der Waals surface area (Å²) < 4.78 is 7.15. The van der Waals surface area contributed by atoms with Crippen molar-refractivity contribution in [2.75, 3.05) is 18.9 Å². The van der Waals surface area contributed by atoms with Crippen LogP contribution in [0.2, 0.25) is 5.02 Å². The van der Waals surface area contributed by atoms with Gasteiger partial charge in [0.25, 0.3) is 5.56 Å². The van der Waals surface area contributed by atoms with Crippen LogP contribution in [0.4, 0.5) is 0 Å². The number of carbonyl (C=O) groups is 1. The Morgan fingerprint density at radius 3 is 2.87 bits per heavy atom. The van der Waals surface area contributed by atoms with Gasteiger partial charge in [-0.05, 0) is 36.6 Å². The molecule has 0 saturated carbocycles. The molecule has 1 N–H and O–H groups in total. The molecule has 1 aromatic heterocycles. The van der Waals surface area contributed by atoms with Gasteiger partial charge in [0.2, 0.25) is 5.91 Å². The summed E-state index contributed by atoms with van der Waals surface area (Å²) in [5, 5.41) is 4.41. The molecular weight excluding hydrogens is 422 g/mol. The van der Waals surface area contributed by atoms with Crippen molar-refractivity contribution in [1.82, 2.24) is 14.9 Å². The van der Waals surface area contributed by atoms with E-state index in [4.69, 9.17) is 16.3 Å². The van der Waals surface area contributed by atoms with Crippen LogP contribution in [0.15, 0.2) is 58.5 Å². The molecule has 1 amide bonds. The third-order valence-corrected chi connectivity index (χ3v) is 6.16. The van der Waals surface area contributed by atoms with Crippen LogP contribution in [0.1, 0.15) is 18.4 Å². The third kappa shape index (κ3) is 5.03. The molecule has 4 rings (SSSR count). The first-order valence-electron chi connectivity index (χ1n) is 9.85. The van der Waals surface area contributed by atoms with Crippen LogP contribution < -0.4 is 10.9 Å². The molecule has 0 aliphatic carbocycles. The van der Waals surface area contributed by atoms with Gasteiger partial charge in [-0.3, -0.25) is 14.2 Å². The lowest BCUT2D eigenvalue weighted by Gasteiger charge is -2.14. The van der Waals surface area contributed by atoms with Crippen molar-refractivity contribution < 1.29 is 9.53 Å². The second-order valence-electron chi connectivity index (χ2n) is 7.16. The molecule has 2 heterocycles. The lowest BCUT2D eigenvalue weighted by Crippen LogP contribution is -2.33. The van der Waals surface area contributed by atoms with Crippen LogP contribution in [0.3, 0.4) is 0 Å². The van der Waals surface area contributed by atoms with E-state index in [-0.39, 0.29) is 23.3 Å². The largest absolute Gasteiger partial charge is 0.376 e. The Morgan fingerprint density at radius 1 is 1.27 bits per heavy atom. The van der Waals surface area contributed by atoms with Gasteiger partial charge in [-0.15, -0.1) is 0 Å². The first-order valence-corrected chi connectivity index (χ1v) is 11.2. The van der Waals surface area contributed by atoms with Crippen molar-refractivity contribution in [3.63, 3.8) is 0 Å². The van der Waals surface area contributed by atoms with Crippen molar-refractivity contribution in [3.8, 4) is 0 Å². The van der Waals surface area contributed by atoms with Gasteiger partial charge in [-0.25, -0.2) is 4.98 Å². The summed E-state index contributed by atoms with van der Waals surface area (Å²) in [5.41, 5.74) is 1.36. The Bertz CT molecular complexity index is 1100. The summed E-state index contributed by atoms with van der Waals surface area (Å²) in [6.45, 7) is 1.65. The van der Waals surface area contributed by atoms with Gasteiger partial charge in [0, 0.05) is 18.2 Å². The van der Waals surface area contributed by atoms with Crippen LogP contribution in [0, 0.1) is 0 Å². The highest BCUT2D eigenvalue weighted by atomic mass is 35.5. The minimum Gasteiger partial charge on any atom is -0.376 e. The number of nitrogens with one attached hydrogen (secondary N) is 1. The van der Waals surface area contributed by atoms with Crippen molar-refractivity contribution in [3.05, 3.63) is 69.5 Å². The molecule has 0 spiro atoms. The highest BCUT2D eigenvalue weighted by Crippen LogP contribution is 2.21. The summed E-state index contributed by atoms with van der Waals surface area (Å²) >= 11 is 7.34. The second kappa shape index (κ2) is 9.64. The second-order valence-corrected chi connectivity index (χ2v) is 8.54. The Kier molecular flexibility index (Phi) is 6.72. The number of rotatable bonds is 7. The number of hydrogen-bond donors (Lipinski definition) is 1. The molecule has 8 heteroatoms. The Morgan fingerprint density at radius 2 is 2.10 bits per heavy atom. The average Bonchev–Trinajstić information content (AvgIpc) is 3.27. The van der Waals surface area contributed by atoms with E-state index >= 15 is 0 Å². The molecule has 0 bridgehead atoms. The van der Waals surface area contributed by atoms with Crippen LogP contribution in [-0.4, -0.2) is 40.5 Å². The molecule has 1 saturated heterocycles. The number of thioether (sulfide) groups is 1. The predicted octanol–water partition coefficient (Wildman–Crippen LogP) is 3.49. The quantitative estimate of drug-likeness (QED) is 0.447. The summed E-state index contributed by atoms with van der Waals surface area (Å²) in [7, 11) is 0. The van der Waals surface area contributed by atoms with Crippen LogP contribution in [0.5, 0.6) is 0 Å². The van der Waals surface area contributed by atoms with Gasteiger partial charge < -0.3 is 10.1 Å². The number of benzene rings is 2. The van der Waals surface area contributed by atoms with Crippen LogP contribution in [-0.2, 0) is 16.1 Å². The number of halogens is 1. The van der Waals surface area contributed by atoms with E-state index < -0.39 is 0 Å². The standard InChI is InChI=1S/C22H22ClN3O3S/c23-16-8-9-18-19(11-16)25-22(26(21(18)28)13-15-5-2-1-3-6-15)30-14-20(27)24-12-17-7-4-10-29-17/h1-3,5-6,8-9,11,17H,4,7,10,12-14H2,(H,24,27). The number of ether oxygens (including phenoxy) is 1. The molecule has 1 atom stereocenters. The van der Waals surface area contributed by atoms with Crippen molar-refractivity contribution in [2.45, 2.75) is 30.6 Å². The van der Waals surface area contributed by atoms with Crippen molar-refractivity contribution in [1.29, 1.82) is 0 Å². The number of fused-ring (bicyclic) bond motifs is 1. The summed E-state index contributed by atoms with van der Waals surface area (Å²) in [6, 6.07) is 14.8. The van der Waals surface area contributed by atoms with E-state index in [0.29, 0.717) is 34.2 Å². The van der Waals surface area contributed by atoms with Gasteiger partial charge in [0.1, 0.15) is 0 Å². The Labute approximate surface area is 183 Å². The van der Waals surface area contributed by atoms with Crippen molar-refractivity contribution >= 4 is 40.2 Å². The smallest absolute Gasteiger partial charge is 0.262 e. The molecular formula is C22H22ClN3O3S. The lowest BCUT2D eigenvalue weighted by atomic mass is 10.2. The van der Waals surface area contributed by atoms with Crippen LogP contribution >= 0.6 is 23.4 Å². The summed E-state index contributed by atoms with van der Waals surface area (Å²) in [6.07, 6.45) is 2.10. The van der Waals surface area contributed by atoms with E-state index in [0.717, 1.165) is 25.0 Å². The van der Waals surface area contributed by atoms with Gasteiger partial charge in [0.05, 0.1) is 29.3 Å². The van der Waals surface area contributed by atoms with Crippen molar-refractivity contribution in [2.24, 2.45) is 0 Å². The molecule has 30 heavy (non-hydrogen) atoms. The molecule has 1 unspecified atom stereocenters. The topological polar surface area (TPSA) is 73.2 Å². The first kappa shape index (κ1) is 20.9. The highest BCUT2D eigenvalue weighted by Gasteiger charge is 2.17. The zero-order chi connectivity index (χ0) is 20.9. The molecule has 1 aliphatic heterocycles. The molecule has 0 radical (unpaired) electrons. The maximum absolute atomic E-state index is 13.2. The monoisotopic (exact) mass is 443 g/mol. The van der Waals surface area contributed by atoms with E-state index in [2.05, 4.69) is 10.3 Å². The van der Waals surface area contributed by atoms with Crippen LogP contribution in [0.25, 0.3) is 10.9 Å². The predicted molar refractivity (Wildman–Crippen MR) is 119 cm³/mol. The first-order chi connectivity index (χ1) is 14.6. The van der Waals surface area contributed by atoms with E-state index in [1.807, 2.05) is 30.3 Å². The number of amides is 1. The van der Waals surface area contributed by atoms with E-state index in [1.165, 1.54) is 11.8 Å². The zero-order valence-corrected chi connectivity index (χ0v) is 17.9. The van der Waals surface area contributed by atoms with Gasteiger partial charge in [-0.1, -0.05) is 53.7 Å². The number of carbonyl (C=O) groups excluding carboxylic acids is 1. The zero-order valence-electron chi connectivity index (χ0n) is 16.3. The fraction of sp³-hybridized carbons (Fsp3) is 0.318. The maximum Gasteiger partial charge on any atom is 0.262 e. The highest BCUT2D eigenvalue weighted by molar-refractivity contribution is 7.99. The fourth-order valence-corrected chi connectivity index (χ4v) is 4.40. The number of hydrogen-bond acceptors (Lipinski definition) is 5. The minimum atomic E-state index is -0.150. The summed E-state index contributed by atoms with van der Waals surface area (Å²) in [4.78, 5) is 30.1. The molecule has 6 nitrogen and oxygen atoms in total. The van der Waals surface area contributed by atoms with Gasteiger partial charge >= 0.3 is 0 Å². The molecule has 1 aliphatic rings. The molecule has 156 valence electrons. The Hall–Kier alpha value is -2.35. The average molecular weight is 444 g/mol. The van der Waals surface area contributed by atoms with Gasteiger partial charge in [0.15, 0.2) is 5.16 Å². The Balaban J connectivity index is 1.57. The molecule has 3 aromatic rings. The minimum absolute atomic E-state index is 0.0937. The molecule has 1 fully saturated rings. The van der Waals surface area contributed by atoms with Gasteiger partial charge in [-0.2, -0.15) is 0 Å². The third-order valence-electron chi connectivity index (χ3n) is 4.95. The number of nitrogens with zero attached hydrogens (tertiary/aromatic N) is 2.